The molecular weight excluding hydrogens is 458 g/mol. The van der Waals surface area contributed by atoms with Crippen LogP contribution in [0.5, 0.6) is 0 Å². The maximum atomic E-state index is 12.2. The van der Waals surface area contributed by atoms with Crippen LogP contribution in [-0.4, -0.2) is 36.2 Å². The van der Waals surface area contributed by atoms with Crippen LogP contribution in [0.4, 0.5) is 0 Å². The van der Waals surface area contributed by atoms with E-state index in [0.29, 0.717) is 29.7 Å². The Morgan fingerprint density at radius 2 is 1.86 bits per heavy atom. The summed E-state index contributed by atoms with van der Waals surface area (Å²) in [6.45, 7) is 11.3. The number of fused-ring (bicyclic) bond motifs is 5. The second-order valence-electron chi connectivity index (χ2n) is 14.2. The van der Waals surface area contributed by atoms with Gasteiger partial charge in [-0.15, -0.1) is 0 Å². The summed E-state index contributed by atoms with van der Waals surface area (Å²) in [5.41, 5.74) is 13.9. The minimum Gasteiger partial charge on any atom is -0.393 e. The fourth-order valence-electron chi connectivity index (χ4n) is 9.58. The number of aliphatic hydroxyl groups excluding tert-OH is 1. The summed E-state index contributed by atoms with van der Waals surface area (Å²) in [4.78, 5) is 12.2. The molecule has 1 unspecified atom stereocenters. The van der Waals surface area contributed by atoms with Crippen molar-refractivity contribution in [1.29, 1.82) is 0 Å². The van der Waals surface area contributed by atoms with Crippen LogP contribution in [0.3, 0.4) is 0 Å². The van der Waals surface area contributed by atoms with Gasteiger partial charge in [-0.2, -0.15) is 0 Å². The zero-order valence-electron chi connectivity index (χ0n) is 24.3. The van der Waals surface area contributed by atoms with E-state index in [-0.39, 0.29) is 12.0 Å². The molecule has 0 aromatic carbocycles. The molecule has 212 valence electrons. The van der Waals surface area contributed by atoms with Crippen LogP contribution < -0.4 is 16.8 Å². The Bertz CT molecular complexity index is 814. The first kappa shape index (κ1) is 29.1. The van der Waals surface area contributed by atoms with E-state index in [1.165, 1.54) is 51.4 Å². The lowest BCUT2D eigenvalue weighted by Gasteiger charge is -2.58. The van der Waals surface area contributed by atoms with Gasteiger partial charge in [0.25, 0.3) is 0 Å². The van der Waals surface area contributed by atoms with Gasteiger partial charge in [0.1, 0.15) is 0 Å². The van der Waals surface area contributed by atoms with Crippen molar-refractivity contribution in [3.05, 3.63) is 11.6 Å². The van der Waals surface area contributed by atoms with Crippen molar-refractivity contribution in [2.45, 2.75) is 123 Å². The van der Waals surface area contributed by atoms with E-state index >= 15 is 0 Å². The van der Waals surface area contributed by atoms with Crippen molar-refractivity contribution in [2.24, 2.45) is 57.8 Å². The Morgan fingerprint density at radius 3 is 2.62 bits per heavy atom. The summed E-state index contributed by atoms with van der Waals surface area (Å²) in [6, 6.07) is -0.430. The van der Waals surface area contributed by atoms with Gasteiger partial charge in [0, 0.05) is 6.54 Å². The number of nitrogens with two attached hydrogens (primary N) is 2. The van der Waals surface area contributed by atoms with Gasteiger partial charge in [0.05, 0.1) is 12.1 Å². The van der Waals surface area contributed by atoms with Crippen LogP contribution in [0, 0.1) is 46.3 Å². The summed E-state index contributed by atoms with van der Waals surface area (Å²) in [5, 5.41) is 13.3. The molecule has 0 bridgehead atoms. The topological polar surface area (TPSA) is 101 Å². The predicted molar refractivity (Wildman–Crippen MR) is 153 cm³/mol. The van der Waals surface area contributed by atoms with Crippen molar-refractivity contribution in [3.63, 3.8) is 0 Å². The maximum absolute atomic E-state index is 12.2. The van der Waals surface area contributed by atoms with Gasteiger partial charge in [-0.25, -0.2) is 0 Å². The molecule has 5 heteroatoms. The largest absolute Gasteiger partial charge is 0.393 e. The van der Waals surface area contributed by atoms with E-state index in [2.05, 4.69) is 39.1 Å². The lowest BCUT2D eigenvalue weighted by molar-refractivity contribution is -0.122. The Labute approximate surface area is 227 Å². The lowest BCUT2D eigenvalue weighted by Crippen LogP contribution is -2.50. The van der Waals surface area contributed by atoms with E-state index in [1.54, 1.807) is 5.57 Å². The minimum absolute atomic E-state index is 0.0304. The minimum atomic E-state index is -0.430. The van der Waals surface area contributed by atoms with Crippen molar-refractivity contribution >= 4 is 5.91 Å². The summed E-state index contributed by atoms with van der Waals surface area (Å²) >= 11 is 0. The first-order valence-electron chi connectivity index (χ1n) is 15.7. The quantitative estimate of drug-likeness (QED) is 0.271. The third kappa shape index (κ3) is 5.99. The van der Waals surface area contributed by atoms with Crippen LogP contribution in [-0.2, 0) is 4.79 Å². The molecule has 0 heterocycles. The second-order valence-corrected chi connectivity index (χ2v) is 14.2. The highest BCUT2D eigenvalue weighted by Gasteiger charge is 2.59. The summed E-state index contributed by atoms with van der Waals surface area (Å²) in [5.74, 6) is 4.62. The Kier molecular flexibility index (Phi) is 9.50. The van der Waals surface area contributed by atoms with Gasteiger partial charge in [0.2, 0.25) is 5.91 Å². The monoisotopic (exact) mass is 515 g/mol. The molecule has 6 N–H and O–H groups in total. The predicted octanol–water partition coefficient (Wildman–Crippen LogP) is 5.55. The number of nitrogens with one attached hydrogen (secondary N) is 1. The molecule has 3 saturated carbocycles. The average Bonchev–Trinajstić information content (AvgIpc) is 3.23. The molecule has 0 radical (unpaired) electrons. The number of amides is 1. The lowest BCUT2D eigenvalue weighted by atomic mass is 9.47. The molecule has 0 spiro atoms. The highest BCUT2D eigenvalue weighted by molar-refractivity contribution is 5.81. The highest BCUT2D eigenvalue weighted by Crippen LogP contribution is 2.67. The molecule has 37 heavy (non-hydrogen) atoms. The van der Waals surface area contributed by atoms with Crippen molar-refractivity contribution in [2.75, 3.05) is 13.1 Å². The fraction of sp³-hybridized carbons (Fsp3) is 0.906. The molecular formula is C32H57N3O2. The number of hydrogen-bond donors (Lipinski definition) is 4. The summed E-state index contributed by atoms with van der Waals surface area (Å²) in [6.07, 6.45) is 17.6. The number of hydrogen-bond acceptors (Lipinski definition) is 4. The van der Waals surface area contributed by atoms with Crippen LogP contribution in [0.25, 0.3) is 0 Å². The first-order chi connectivity index (χ1) is 17.6. The molecule has 4 aliphatic rings. The van der Waals surface area contributed by atoms with E-state index in [9.17, 15) is 9.90 Å². The number of carbonyl (C=O) groups excluding carboxylic acids is 1. The van der Waals surface area contributed by atoms with E-state index in [0.717, 1.165) is 61.8 Å². The van der Waals surface area contributed by atoms with Crippen molar-refractivity contribution in [1.82, 2.24) is 5.32 Å². The molecule has 0 aliphatic heterocycles. The zero-order chi connectivity index (χ0) is 26.8. The smallest absolute Gasteiger partial charge is 0.236 e. The molecule has 10 atom stereocenters. The van der Waals surface area contributed by atoms with Crippen molar-refractivity contribution < 1.29 is 9.90 Å². The Morgan fingerprint density at radius 1 is 1.08 bits per heavy atom. The van der Waals surface area contributed by atoms with Crippen LogP contribution in [0.15, 0.2) is 11.6 Å². The maximum Gasteiger partial charge on any atom is 0.236 e. The van der Waals surface area contributed by atoms with Gasteiger partial charge in [-0.05, 0) is 124 Å². The SMILES string of the molecule is CC(CCC[C@@H](C)[C@H]1CC[C@H]2[C@@H]3CC=C4C[C@@H](O)CC[C@]4(C)[C@H]3CC[C@]12C)CNC(=O)[C@@H](N)CCCN. The summed E-state index contributed by atoms with van der Waals surface area (Å²) < 4.78 is 0. The molecule has 4 aliphatic carbocycles. The molecule has 0 saturated heterocycles. The normalized spacial score (nSPS) is 39.5. The molecule has 1 amide bonds. The van der Waals surface area contributed by atoms with E-state index < -0.39 is 6.04 Å². The third-order valence-corrected chi connectivity index (χ3v) is 11.9. The standard InChI is InChI=1S/C32H57N3O2/c1-21(20-35-30(37)29(34)9-6-18-33)7-5-8-22(2)26-12-13-27-25-11-10-23-19-24(36)14-16-31(23,3)28(25)15-17-32(26,27)4/h10,21-22,24-29,36H,5-9,11-20,33-34H2,1-4H3,(H,35,37)/t21?,22-,24+,25+,26-,27+,28+,29+,31+,32-/m1/s1. The Balaban J connectivity index is 1.26. The Hall–Kier alpha value is -0.910. The molecule has 5 nitrogen and oxygen atoms in total. The molecule has 0 aromatic rings. The molecule has 4 rings (SSSR count). The van der Waals surface area contributed by atoms with E-state index in [4.69, 9.17) is 11.5 Å². The van der Waals surface area contributed by atoms with Gasteiger partial charge >= 0.3 is 0 Å². The number of allylic oxidation sites excluding steroid dienone is 1. The van der Waals surface area contributed by atoms with Crippen LogP contribution >= 0.6 is 0 Å². The molecule has 3 fully saturated rings. The van der Waals surface area contributed by atoms with Gasteiger partial charge in [-0.3, -0.25) is 4.79 Å². The van der Waals surface area contributed by atoms with Gasteiger partial charge < -0.3 is 21.9 Å². The zero-order valence-corrected chi connectivity index (χ0v) is 24.3. The van der Waals surface area contributed by atoms with Gasteiger partial charge in [-0.1, -0.05) is 52.2 Å². The van der Waals surface area contributed by atoms with Gasteiger partial charge in [0.15, 0.2) is 0 Å². The van der Waals surface area contributed by atoms with Crippen molar-refractivity contribution in [3.8, 4) is 0 Å². The number of aliphatic hydroxyl groups is 1. The first-order valence-corrected chi connectivity index (χ1v) is 15.7. The average molecular weight is 516 g/mol. The second kappa shape index (κ2) is 12.1. The molecule has 0 aromatic heterocycles. The van der Waals surface area contributed by atoms with E-state index in [1.807, 2.05) is 0 Å². The number of carbonyl (C=O) groups is 1. The van der Waals surface area contributed by atoms with Crippen LogP contribution in [0.2, 0.25) is 0 Å². The summed E-state index contributed by atoms with van der Waals surface area (Å²) in [7, 11) is 0. The van der Waals surface area contributed by atoms with Crippen LogP contribution in [0.1, 0.15) is 111 Å². The number of rotatable bonds is 11. The fourth-order valence-corrected chi connectivity index (χ4v) is 9.58. The highest BCUT2D eigenvalue weighted by atomic mass is 16.3. The third-order valence-electron chi connectivity index (χ3n) is 11.9.